The maximum Gasteiger partial charge on any atom is 0.416 e. The Hall–Kier alpha value is -3.68. The van der Waals surface area contributed by atoms with Crippen LogP contribution in [-0.2, 0) is 17.5 Å². The Labute approximate surface area is 250 Å². The highest BCUT2D eigenvalue weighted by Gasteiger charge is 2.41. The molecule has 10 heteroatoms. The van der Waals surface area contributed by atoms with Crippen molar-refractivity contribution in [2.24, 2.45) is 0 Å². The van der Waals surface area contributed by atoms with E-state index in [0.717, 1.165) is 74.9 Å². The Kier molecular flexibility index (Phi) is 8.95. The third kappa shape index (κ3) is 6.34. The number of quaternary nitrogens is 1. The standard InChI is InChI=1S/C33H38F3N4O3/c1-21(2)43-29-18-28-26(17-23(29)19-37)30(32(41)42-3)27(31(39-28)22-8-7-9-24(16-22)33(34,35)36)20-40(14-5-4-6-15-40)25-10-12-38-13-11-25/h7-9,16-18,21,25,38H,4-6,10-15,20H2,1-3H3/q+1. The first-order chi connectivity index (χ1) is 20.6. The number of methoxy groups -OCH3 is 1. The predicted octanol–water partition coefficient (Wildman–Crippen LogP) is 6.62. The average molecular weight is 596 g/mol. The molecule has 43 heavy (non-hydrogen) atoms. The second-order valence-corrected chi connectivity index (χ2v) is 11.9. The maximum atomic E-state index is 13.9. The smallest absolute Gasteiger partial charge is 0.416 e. The van der Waals surface area contributed by atoms with Gasteiger partial charge in [0.25, 0.3) is 0 Å². The van der Waals surface area contributed by atoms with Crippen molar-refractivity contribution in [1.29, 1.82) is 5.26 Å². The van der Waals surface area contributed by atoms with Crippen LogP contribution in [0, 0.1) is 11.3 Å². The van der Waals surface area contributed by atoms with Crippen molar-refractivity contribution in [3.8, 4) is 23.1 Å². The molecular formula is C33H38F3N4O3+. The molecule has 0 unspecified atom stereocenters. The lowest BCUT2D eigenvalue weighted by atomic mass is 9.90. The van der Waals surface area contributed by atoms with E-state index >= 15 is 0 Å². The fraction of sp³-hybridized carbons (Fsp3) is 0.485. The van der Waals surface area contributed by atoms with Crippen molar-refractivity contribution < 1.29 is 31.9 Å². The Morgan fingerprint density at radius 1 is 1.14 bits per heavy atom. The summed E-state index contributed by atoms with van der Waals surface area (Å²) in [4.78, 5) is 18.6. The minimum atomic E-state index is -4.55. The van der Waals surface area contributed by atoms with Crippen LogP contribution < -0.4 is 10.1 Å². The fourth-order valence-electron chi connectivity index (χ4n) is 6.80. The first-order valence-corrected chi connectivity index (χ1v) is 15.0. The number of likely N-dealkylation sites (tertiary alicyclic amines) is 1. The Morgan fingerprint density at radius 2 is 1.86 bits per heavy atom. The molecule has 3 aromatic rings. The Balaban J connectivity index is 1.83. The molecule has 0 radical (unpaired) electrons. The number of hydrogen-bond donors (Lipinski definition) is 1. The van der Waals surface area contributed by atoms with Crippen molar-refractivity contribution in [1.82, 2.24) is 10.3 Å². The quantitative estimate of drug-likeness (QED) is 0.244. The van der Waals surface area contributed by atoms with Crippen LogP contribution in [0.1, 0.15) is 73.0 Å². The molecule has 1 N–H and O–H groups in total. The first kappa shape index (κ1) is 30.8. The lowest BCUT2D eigenvalue weighted by Gasteiger charge is -2.49. The molecule has 0 amide bonds. The number of hydrogen-bond acceptors (Lipinski definition) is 6. The van der Waals surface area contributed by atoms with E-state index in [4.69, 9.17) is 14.5 Å². The lowest BCUT2D eigenvalue weighted by molar-refractivity contribution is -0.968. The van der Waals surface area contributed by atoms with E-state index < -0.39 is 17.7 Å². The molecule has 5 rings (SSSR count). The minimum absolute atomic E-state index is 0.236. The number of aromatic nitrogens is 1. The number of ether oxygens (including phenoxy) is 2. The van der Waals surface area contributed by atoms with E-state index in [9.17, 15) is 23.2 Å². The lowest BCUT2D eigenvalue weighted by Crippen LogP contribution is -2.60. The summed E-state index contributed by atoms with van der Waals surface area (Å²) in [5.74, 6) is -0.317. The molecule has 0 bridgehead atoms. The number of rotatable bonds is 7. The number of piperidine rings is 2. The minimum Gasteiger partial charge on any atom is -0.490 e. The molecule has 0 saturated carbocycles. The summed E-state index contributed by atoms with van der Waals surface area (Å²) < 4.78 is 53.6. The van der Waals surface area contributed by atoms with Crippen molar-refractivity contribution in [3.63, 3.8) is 0 Å². The van der Waals surface area contributed by atoms with E-state index in [1.807, 2.05) is 13.8 Å². The topological polar surface area (TPSA) is 84.2 Å². The van der Waals surface area contributed by atoms with Gasteiger partial charge < -0.3 is 19.3 Å². The van der Waals surface area contributed by atoms with Gasteiger partial charge in [-0.3, -0.25) is 0 Å². The molecule has 2 aliphatic rings. The van der Waals surface area contributed by atoms with Crippen LogP contribution in [-0.4, -0.2) is 60.9 Å². The van der Waals surface area contributed by atoms with Crippen LogP contribution in [0.25, 0.3) is 22.2 Å². The third-order valence-corrected chi connectivity index (χ3v) is 8.79. The van der Waals surface area contributed by atoms with Crippen molar-refractivity contribution in [2.45, 2.75) is 70.8 Å². The molecule has 0 atom stereocenters. The molecule has 7 nitrogen and oxygen atoms in total. The summed E-state index contributed by atoms with van der Waals surface area (Å²) >= 11 is 0. The number of pyridine rings is 1. The second-order valence-electron chi connectivity index (χ2n) is 11.9. The number of alkyl halides is 3. The number of benzene rings is 2. The highest BCUT2D eigenvalue weighted by molar-refractivity contribution is 6.07. The summed E-state index contributed by atoms with van der Waals surface area (Å²) in [6.07, 6.45) is 0.352. The van der Waals surface area contributed by atoms with Gasteiger partial charge in [0.1, 0.15) is 18.4 Å². The van der Waals surface area contributed by atoms with E-state index in [-0.39, 0.29) is 22.8 Å². The summed E-state index contributed by atoms with van der Waals surface area (Å²) in [6, 6.07) is 10.8. The van der Waals surface area contributed by atoms with E-state index in [2.05, 4.69) is 11.4 Å². The molecular weight excluding hydrogens is 557 g/mol. The normalized spacial score (nSPS) is 17.5. The molecule has 2 aliphatic heterocycles. The predicted molar refractivity (Wildman–Crippen MR) is 157 cm³/mol. The van der Waals surface area contributed by atoms with E-state index in [1.54, 1.807) is 18.2 Å². The molecule has 2 fully saturated rings. The largest absolute Gasteiger partial charge is 0.490 e. The maximum absolute atomic E-state index is 13.9. The van der Waals surface area contributed by atoms with E-state index in [1.165, 1.54) is 13.2 Å². The summed E-state index contributed by atoms with van der Waals surface area (Å²) in [7, 11) is 1.29. The van der Waals surface area contributed by atoms with Crippen molar-refractivity contribution in [3.05, 3.63) is 58.7 Å². The molecule has 2 saturated heterocycles. The molecule has 2 aromatic carbocycles. The number of esters is 1. The number of nitriles is 1. The van der Waals surface area contributed by atoms with Gasteiger partial charge in [-0.25, -0.2) is 9.78 Å². The fourth-order valence-corrected chi connectivity index (χ4v) is 6.80. The number of halogens is 3. The Morgan fingerprint density at radius 3 is 2.49 bits per heavy atom. The van der Waals surface area contributed by atoms with Crippen molar-refractivity contribution in [2.75, 3.05) is 33.3 Å². The van der Waals surface area contributed by atoms with Gasteiger partial charge in [0.05, 0.1) is 60.2 Å². The van der Waals surface area contributed by atoms with Crippen LogP contribution in [0.3, 0.4) is 0 Å². The summed E-state index contributed by atoms with van der Waals surface area (Å²) in [5, 5.41) is 13.8. The molecule has 0 aliphatic carbocycles. The van der Waals surface area contributed by atoms with Crippen LogP contribution in [0.2, 0.25) is 0 Å². The van der Waals surface area contributed by atoms with Gasteiger partial charge in [-0.2, -0.15) is 18.4 Å². The average Bonchev–Trinajstić information content (AvgIpc) is 3.00. The van der Waals surface area contributed by atoms with Gasteiger partial charge in [-0.05, 0) is 51.3 Å². The highest BCUT2D eigenvalue weighted by Crippen LogP contribution is 2.40. The first-order valence-electron chi connectivity index (χ1n) is 15.0. The van der Waals surface area contributed by atoms with E-state index in [0.29, 0.717) is 40.5 Å². The third-order valence-electron chi connectivity index (χ3n) is 8.79. The monoisotopic (exact) mass is 595 g/mol. The van der Waals surface area contributed by atoms with Gasteiger partial charge in [-0.1, -0.05) is 12.1 Å². The molecule has 1 aromatic heterocycles. The number of nitrogens with zero attached hydrogens (tertiary/aromatic N) is 3. The second kappa shape index (κ2) is 12.5. The van der Waals surface area contributed by atoms with Gasteiger partial charge in [0, 0.05) is 48.5 Å². The zero-order valence-corrected chi connectivity index (χ0v) is 24.9. The number of fused-ring (bicyclic) bond motifs is 1. The molecule has 3 heterocycles. The van der Waals surface area contributed by atoms with Gasteiger partial charge >= 0.3 is 12.1 Å². The van der Waals surface area contributed by atoms with Crippen LogP contribution in [0.5, 0.6) is 5.75 Å². The SMILES string of the molecule is COC(=O)c1c(C[N+]2(C3CCNCC3)CCCCC2)c(-c2cccc(C(F)(F)F)c2)nc2cc(OC(C)C)c(C#N)cc12. The number of carbonyl (C=O) groups excluding carboxylic acids is 1. The molecule has 0 spiro atoms. The zero-order chi connectivity index (χ0) is 30.8. The van der Waals surface area contributed by atoms with Crippen LogP contribution in [0.15, 0.2) is 36.4 Å². The molecule has 228 valence electrons. The number of carbonyl (C=O) groups is 1. The zero-order valence-electron chi connectivity index (χ0n) is 24.9. The van der Waals surface area contributed by atoms with Crippen LogP contribution in [0.4, 0.5) is 13.2 Å². The Bertz CT molecular complexity index is 1540. The van der Waals surface area contributed by atoms with Gasteiger partial charge in [0.15, 0.2) is 0 Å². The number of nitrogens with one attached hydrogen (secondary N) is 1. The van der Waals surface area contributed by atoms with Crippen molar-refractivity contribution >= 4 is 16.9 Å². The van der Waals surface area contributed by atoms with Gasteiger partial charge in [-0.15, -0.1) is 0 Å². The summed E-state index contributed by atoms with van der Waals surface area (Å²) in [6.45, 7) is 7.71. The summed E-state index contributed by atoms with van der Waals surface area (Å²) in [5.41, 5.74) is 1.18. The van der Waals surface area contributed by atoms with Gasteiger partial charge in [0.2, 0.25) is 0 Å². The highest BCUT2D eigenvalue weighted by atomic mass is 19.4. The van der Waals surface area contributed by atoms with Crippen LogP contribution >= 0.6 is 0 Å².